The fraction of sp³-hybridized carbons (Fsp3) is 0.429. The summed E-state index contributed by atoms with van der Waals surface area (Å²) in [6.07, 6.45) is 8.34. The average molecular weight is 156 g/mol. The minimum absolute atomic E-state index is 0.334. The topological polar surface area (TPSA) is 0 Å². The van der Waals surface area contributed by atoms with Crippen LogP contribution in [0.3, 0.4) is 0 Å². The molecule has 0 aromatic heterocycles. The van der Waals surface area contributed by atoms with Gasteiger partial charge in [0.25, 0.3) is 0 Å². The third-order valence-electron chi connectivity index (χ3n) is 1.41. The predicted molar refractivity (Wildman–Crippen MR) is 46.5 cm³/mol. The van der Waals surface area contributed by atoms with E-state index in [0.717, 1.165) is 6.16 Å². The van der Waals surface area contributed by atoms with Gasteiger partial charge in [-0.15, -0.1) is 6.42 Å². The molecule has 0 radical (unpaired) electrons. The second-order valence-corrected chi connectivity index (χ2v) is 7.99. The molecular formula is C7H9PS. The Balaban J connectivity index is 2.74. The molecule has 0 aromatic rings. The Labute approximate surface area is 61.4 Å². The maximum atomic E-state index is 5.28. The second kappa shape index (κ2) is 2.29. The highest BCUT2D eigenvalue weighted by Crippen LogP contribution is 2.49. The van der Waals surface area contributed by atoms with Crippen molar-refractivity contribution in [2.45, 2.75) is 0 Å². The minimum atomic E-state index is -1.11. The fourth-order valence-electron chi connectivity index (χ4n) is 0.906. The summed E-state index contributed by atoms with van der Waals surface area (Å²) in [6.45, 7) is 2.14. The molecule has 0 saturated heterocycles. The summed E-state index contributed by atoms with van der Waals surface area (Å²) in [6, 6.07) is -1.11. The van der Waals surface area contributed by atoms with E-state index < -0.39 is 6.04 Å². The molecule has 0 saturated carbocycles. The van der Waals surface area contributed by atoms with Crippen LogP contribution < -0.4 is 0 Å². The fourth-order valence-corrected chi connectivity index (χ4v) is 3.30. The Kier molecular flexibility index (Phi) is 1.80. The maximum absolute atomic E-state index is 5.28. The monoisotopic (exact) mass is 156 g/mol. The van der Waals surface area contributed by atoms with E-state index in [1.165, 1.54) is 0 Å². The molecule has 2 heteroatoms. The molecule has 0 N–H and O–H groups in total. The Morgan fingerprint density at radius 1 is 1.89 bits per heavy atom. The number of rotatable bonds is 0. The van der Waals surface area contributed by atoms with E-state index in [1.54, 1.807) is 0 Å². The molecular weight excluding hydrogens is 147 g/mol. The summed E-state index contributed by atoms with van der Waals surface area (Å²) in [5.41, 5.74) is 0. The van der Waals surface area contributed by atoms with E-state index in [0.29, 0.717) is 5.92 Å². The van der Waals surface area contributed by atoms with Crippen molar-refractivity contribution < 1.29 is 0 Å². The molecule has 2 unspecified atom stereocenters. The lowest BCUT2D eigenvalue weighted by Gasteiger charge is -2.03. The van der Waals surface area contributed by atoms with E-state index >= 15 is 0 Å². The van der Waals surface area contributed by atoms with Crippen LogP contribution in [0.2, 0.25) is 0 Å². The van der Waals surface area contributed by atoms with Crippen LogP contribution in [0.5, 0.6) is 0 Å². The van der Waals surface area contributed by atoms with Crippen LogP contribution in [-0.2, 0) is 11.8 Å². The third kappa shape index (κ3) is 1.68. The van der Waals surface area contributed by atoms with Gasteiger partial charge in [0.1, 0.15) is 0 Å². The van der Waals surface area contributed by atoms with Crippen LogP contribution in [0, 0.1) is 18.3 Å². The van der Waals surface area contributed by atoms with Crippen molar-refractivity contribution in [3.63, 3.8) is 0 Å². The van der Waals surface area contributed by atoms with Gasteiger partial charge in [0.05, 0.1) is 0 Å². The SMILES string of the molecule is C#CC1C=CP(C)(=S)C1. The molecule has 0 aromatic carbocycles. The Morgan fingerprint density at radius 3 is 2.78 bits per heavy atom. The largest absolute Gasteiger partial charge is 0.119 e. The van der Waals surface area contributed by atoms with Crippen LogP contribution in [0.1, 0.15) is 0 Å². The van der Waals surface area contributed by atoms with Crippen molar-refractivity contribution in [1.82, 2.24) is 0 Å². The maximum Gasteiger partial charge on any atom is 0.0432 e. The molecule has 1 aliphatic heterocycles. The lowest BCUT2D eigenvalue weighted by molar-refractivity contribution is 1.01. The Morgan fingerprint density at radius 2 is 2.56 bits per heavy atom. The van der Waals surface area contributed by atoms with Gasteiger partial charge in [-0.05, 0) is 18.9 Å². The van der Waals surface area contributed by atoms with Gasteiger partial charge in [-0.2, -0.15) is 0 Å². The van der Waals surface area contributed by atoms with E-state index in [9.17, 15) is 0 Å². The van der Waals surface area contributed by atoms with Crippen LogP contribution in [0.15, 0.2) is 11.9 Å². The normalized spacial score (nSPS) is 40.7. The molecule has 0 bridgehead atoms. The van der Waals surface area contributed by atoms with E-state index in [2.05, 4.69) is 24.5 Å². The molecule has 9 heavy (non-hydrogen) atoms. The summed E-state index contributed by atoms with van der Waals surface area (Å²) >= 11 is 5.28. The van der Waals surface area contributed by atoms with Gasteiger partial charge >= 0.3 is 0 Å². The van der Waals surface area contributed by atoms with Crippen LogP contribution in [0.4, 0.5) is 0 Å². The summed E-state index contributed by atoms with van der Waals surface area (Å²) < 4.78 is 0. The molecule has 0 nitrogen and oxygen atoms in total. The van der Waals surface area contributed by atoms with E-state index in [4.69, 9.17) is 18.2 Å². The Bertz CT molecular complexity index is 222. The molecule has 0 spiro atoms. The number of hydrogen-bond donors (Lipinski definition) is 0. The zero-order valence-electron chi connectivity index (χ0n) is 5.37. The van der Waals surface area contributed by atoms with Crippen molar-refractivity contribution in [3.05, 3.63) is 11.9 Å². The van der Waals surface area contributed by atoms with Crippen LogP contribution in [-0.4, -0.2) is 12.8 Å². The van der Waals surface area contributed by atoms with Gasteiger partial charge in [-0.1, -0.05) is 29.6 Å². The van der Waals surface area contributed by atoms with Gasteiger partial charge in [-0.3, -0.25) is 0 Å². The molecule has 0 amide bonds. The van der Waals surface area contributed by atoms with Crippen molar-refractivity contribution in [2.75, 3.05) is 12.8 Å². The molecule has 48 valence electrons. The summed E-state index contributed by atoms with van der Waals surface area (Å²) in [4.78, 5) is 0. The van der Waals surface area contributed by atoms with Crippen LogP contribution >= 0.6 is 6.04 Å². The Hall–Kier alpha value is -0.0500. The number of terminal acetylenes is 1. The summed E-state index contributed by atoms with van der Waals surface area (Å²) in [5, 5.41) is 0. The first-order chi connectivity index (χ1) is 4.14. The first-order valence-corrected chi connectivity index (χ1v) is 6.36. The summed E-state index contributed by atoms with van der Waals surface area (Å²) in [5.74, 6) is 5.16. The van der Waals surface area contributed by atoms with Crippen molar-refractivity contribution >= 4 is 17.8 Å². The first-order valence-electron chi connectivity index (χ1n) is 2.86. The zero-order valence-corrected chi connectivity index (χ0v) is 7.08. The van der Waals surface area contributed by atoms with Crippen molar-refractivity contribution in [1.29, 1.82) is 0 Å². The zero-order chi connectivity index (χ0) is 6.91. The van der Waals surface area contributed by atoms with Gasteiger partial charge in [-0.25, -0.2) is 0 Å². The molecule has 1 aliphatic rings. The number of allylic oxidation sites excluding steroid dienone is 1. The first kappa shape index (κ1) is 7.06. The highest BCUT2D eigenvalue weighted by Gasteiger charge is 2.17. The third-order valence-corrected chi connectivity index (χ3v) is 4.14. The molecule has 2 atom stereocenters. The lowest BCUT2D eigenvalue weighted by Crippen LogP contribution is -1.91. The van der Waals surface area contributed by atoms with Crippen molar-refractivity contribution in [2.24, 2.45) is 5.92 Å². The molecule has 1 rings (SSSR count). The second-order valence-electron chi connectivity index (χ2n) is 2.47. The molecule has 0 aliphatic carbocycles. The van der Waals surface area contributed by atoms with E-state index in [-0.39, 0.29) is 0 Å². The van der Waals surface area contributed by atoms with Gasteiger partial charge in [0, 0.05) is 5.92 Å². The summed E-state index contributed by atoms with van der Waals surface area (Å²) in [7, 11) is 0. The van der Waals surface area contributed by atoms with Crippen molar-refractivity contribution in [3.8, 4) is 12.3 Å². The molecule has 0 fully saturated rings. The predicted octanol–water partition coefficient (Wildman–Crippen LogP) is 1.87. The standard InChI is InChI=1S/C7H9PS/c1-3-7-4-5-8(2,9)6-7/h1,4-5,7H,6H2,2H3. The quantitative estimate of drug-likeness (QED) is 0.381. The van der Waals surface area contributed by atoms with Crippen LogP contribution in [0.25, 0.3) is 0 Å². The highest BCUT2D eigenvalue weighted by atomic mass is 32.4. The van der Waals surface area contributed by atoms with E-state index in [1.807, 2.05) is 0 Å². The van der Waals surface area contributed by atoms with Gasteiger partial charge < -0.3 is 0 Å². The number of hydrogen-bond acceptors (Lipinski definition) is 1. The highest BCUT2D eigenvalue weighted by molar-refractivity contribution is 8.15. The smallest absolute Gasteiger partial charge is 0.0432 e. The van der Waals surface area contributed by atoms with Gasteiger partial charge in [0.15, 0.2) is 0 Å². The van der Waals surface area contributed by atoms with Gasteiger partial charge in [0.2, 0.25) is 0 Å². The minimum Gasteiger partial charge on any atom is -0.119 e. The average Bonchev–Trinajstić information content (AvgIpc) is 2.10. The lowest BCUT2D eigenvalue weighted by atomic mass is 10.2. The molecule has 1 heterocycles.